The van der Waals surface area contributed by atoms with Crippen LogP contribution in [0, 0.1) is 0 Å². The van der Waals surface area contributed by atoms with E-state index in [4.69, 9.17) is 9.63 Å². The minimum absolute atomic E-state index is 0.101. The molecule has 0 radical (unpaired) electrons. The lowest BCUT2D eigenvalue weighted by Gasteiger charge is -1.95. The van der Waals surface area contributed by atoms with Crippen molar-refractivity contribution in [3.8, 4) is 5.88 Å². The molecule has 78 valence electrons. The monoisotopic (exact) mass is 203 g/mol. The van der Waals surface area contributed by atoms with E-state index < -0.39 is 0 Å². The maximum atomic E-state index is 8.99. The van der Waals surface area contributed by atoms with E-state index in [0.717, 1.165) is 5.57 Å². The maximum absolute atomic E-state index is 8.99. The van der Waals surface area contributed by atoms with Crippen molar-refractivity contribution in [2.24, 2.45) is 0 Å². The Hall–Kier alpha value is -2.03. The van der Waals surface area contributed by atoms with Gasteiger partial charge in [-0.15, -0.1) is 0 Å². The summed E-state index contributed by atoms with van der Waals surface area (Å²) < 4.78 is 4.89. The van der Waals surface area contributed by atoms with Gasteiger partial charge in [0.15, 0.2) is 0 Å². The van der Waals surface area contributed by atoms with E-state index in [0.29, 0.717) is 12.2 Å². The van der Waals surface area contributed by atoms with Crippen molar-refractivity contribution < 1.29 is 9.63 Å². The number of hydrogen-bond acceptors (Lipinski definition) is 3. The molecule has 1 aromatic rings. The van der Waals surface area contributed by atoms with Crippen LogP contribution in [0.5, 0.6) is 5.88 Å². The highest BCUT2D eigenvalue weighted by Gasteiger charge is 2.03. The van der Waals surface area contributed by atoms with Crippen molar-refractivity contribution in [3.63, 3.8) is 0 Å². The first-order valence-corrected chi connectivity index (χ1v) is 4.51. The van der Waals surface area contributed by atoms with Crippen molar-refractivity contribution >= 4 is 0 Å². The number of allylic oxidation sites excluding steroid dienone is 6. The summed E-state index contributed by atoms with van der Waals surface area (Å²) in [6.07, 6.45) is 9.52. The summed E-state index contributed by atoms with van der Waals surface area (Å²) in [5.41, 5.74) is 1.00. The van der Waals surface area contributed by atoms with E-state index in [1.807, 2.05) is 18.2 Å². The Morgan fingerprint density at radius 3 is 2.80 bits per heavy atom. The van der Waals surface area contributed by atoms with Crippen molar-refractivity contribution in [1.29, 1.82) is 0 Å². The third kappa shape index (κ3) is 3.68. The van der Waals surface area contributed by atoms with Crippen LogP contribution in [0.25, 0.3) is 0 Å². The predicted molar refractivity (Wildman–Crippen MR) is 59.5 cm³/mol. The van der Waals surface area contributed by atoms with Gasteiger partial charge in [0.25, 0.3) is 5.88 Å². The van der Waals surface area contributed by atoms with Crippen molar-refractivity contribution in [1.82, 2.24) is 5.16 Å². The zero-order chi connectivity index (χ0) is 11.1. The lowest BCUT2D eigenvalue weighted by atomic mass is 10.1. The zero-order valence-corrected chi connectivity index (χ0v) is 8.39. The zero-order valence-electron chi connectivity index (χ0n) is 8.39. The molecule has 3 nitrogen and oxygen atoms in total. The Labute approximate surface area is 88.7 Å². The van der Waals surface area contributed by atoms with E-state index in [1.165, 1.54) is 6.07 Å². The fourth-order valence-electron chi connectivity index (χ4n) is 1.10. The Bertz CT molecular complexity index is 400. The second-order valence-electron chi connectivity index (χ2n) is 2.90. The fraction of sp³-hybridized carbons (Fsp3) is 0.0833. The molecule has 0 fully saturated rings. The molecule has 1 rings (SSSR count). The summed E-state index contributed by atoms with van der Waals surface area (Å²) in [7, 11) is 0. The van der Waals surface area contributed by atoms with Gasteiger partial charge in [0.1, 0.15) is 5.76 Å². The van der Waals surface area contributed by atoms with Gasteiger partial charge >= 0.3 is 0 Å². The quantitative estimate of drug-likeness (QED) is 0.748. The molecule has 0 saturated carbocycles. The third-order valence-corrected chi connectivity index (χ3v) is 1.70. The molecule has 0 bridgehead atoms. The SMILES string of the molecule is C=C/C=C\C(=C/C=C)Cc1cc(O)no1. The van der Waals surface area contributed by atoms with Crippen LogP contribution in [0.3, 0.4) is 0 Å². The molecule has 15 heavy (non-hydrogen) atoms. The van der Waals surface area contributed by atoms with E-state index in [-0.39, 0.29) is 5.88 Å². The first-order chi connectivity index (χ1) is 7.26. The van der Waals surface area contributed by atoms with Gasteiger partial charge in [-0.25, -0.2) is 0 Å². The van der Waals surface area contributed by atoms with Gasteiger partial charge in [0.2, 0.25) is 0 Å². The Morgan fingerprint density at radius 1 is 1.47 bits per heavy atom. The highest BCUT2D eigenvalue weighted by molar-refractivity contribution is 5.29. The topological polar surface area (TPSA) is 46.3 Å². The second-order valence-corrected chi connectivity index (χ2v) is 2.90. The Balaban J connectivity index is 2.75. The van der Waals surface area contributed by atoms with Crippen LogP contribution in [-0.4, -0.2) is 10.3 Å². The van der Waals surface area contributed by atoms with Gasteiger partial charge in [-0.2, -0.15) is 0 Å². The standard InChI is InChI=1S/C12H13NO2/c1-3-5-7-10(6-4-2)8-11-9-12(14)13-15-11/h3-7,9H,1-2,8H2,(H,13,14)/b7-5-,10-6+. The highest BCUT2D eigenvalue weighted by atomic mass is 16.5. The summed E-state index contributed by atoms with van der Waals surface area (Å²) in [5.74, 6) is 0.505. The van der Waals surface area contributed by atoms with Gasteiger partial charge in [0, 0.05) is 12.5 Å². The van der Waals surface area contributed by atoms with E-state index in [2.05, 4.69) is 18.3 Å². The number of rotatable bonds is 5. The largest absolute Gasteiger partial charge is 0.491 e. The predicted octanol–water partition coefficient (Wildman–Crippen LogP) is 2.78. The Kier molecular flexibility index (Phi) is 4.16. The first kappa shape index (κ1) is 11.0. The summed E-state index contributed by atoms with van der Waals surface area (Å²) in [6.45, 7) is 7.21. The molecule has 1 N–H and O–H groups in total. The van der Waals surface area contributed by atoms with Crippen LogP contribution in [-0.2, 0) is 6.42 Å². The first-order valence-electron chi connectivity index (χ1n) is 4.51. The minimum Gasteiger partial charge on any atom is -0.491 e. The van der Waals surface area contributed by atoms with Gasteiger partial charge < -0.3 is 9.63 Å². The van der Waals surface area contributed by atoms with Crippen molar-refractivity contribution in [2.45, 2.75) is 6.42 Å². The molecular weight excluding hydrogens is 190 g/mol. The molecular formula is C12H13NO2. The van der Waals surface area contributed by atoms with Gasteiger partial charge in [-0.05, 0) is 10.7 Å². The van der Waals surface area contributed by atoms with Crippen LogP contribution in [0.4, 0.5) is 0 Å². The fourth-order valence-corrected chi connectivity index (χ4v) is 1.10. The van der Waals surface area contributed by atoms with E-state index >= 15 is 0 Å². The van der Waals surface area contributed by atoms with Crippen molar-refractivity contribution in [2.75, 3.05) is 0 Å². The number of hydrogen-bond donors (Lipinski definition) is 1. The smallest absolute Gasteiger partial charge is 0.251 e. The molecule has 0 aliphatic heterocycles. The number of aromatic nitrogens is 1. The molecule has 0 amide bonds. The third-order valence-electron chi connectivity index (χ3n) is 1.70. The molecule has 1 aromatic heterocycles. The lowest BCUT2D eigenvalue weighted by Crippen LogP contribution is -1.84. The second kappa shape index (κ2) is 5.65. The summed E-state index contributed by atoms with van der Waals surface area (Å²) in [5, 5.41) is 12.4. The molecule has 0 saturated heterocycles. The normalized spacial score (nSPS) is 11.9. The van der Waals surface area contributed by atoms with Gasteiger partial charge in [-0.1, -0.05) is 43.5 Å². The molecule has 0 atom stereocenters. The van der Waals surface area contributed by atoms with Gasteiger partial charge in [-0.3, -0.25) is 0 Å². The number of nitrogens with zero attached hydrogens (tertiary/aromatic N) is 1. The molecule has 0 aliphatic carbocycles. The average Bonchev–Trinajstić information content (AvgIpc) is 2.61. The molecule has 1 heterocycles. The molecule has 3 heteroatoms. The van der Waals surface area contributed by atoms with Crippen LogP contribution in [0.15, 0.2) is 59.7 Å². The summed E-state index contributed by atoms with van der Waals surface area (Å²) in [4.78, 5) is 0. The minimum atomic E-state index is -0.101. The summed E-state index contributed by atoms with van der Waals surface area (Å²) in [6, 6.07) is 1.48. The van der Waals surface area contributed by atoms with E-state index in [9.17, 15) is 0 Å². The van der Waals surface area contributed by atoms with Crippen LogP contribution in [0.2, 0.25) is 0 Å². The molecule has 0 aliphatic rings. The molecule has 0 unspecified atom stereocenters. The van der Waals surface area contributed by atoms with Crippen LogP contribution in [0.1, 0.15) is 5.76 Å². The summed E-state index contributed by atoms with van der Waals surface area (Å²) >= 11 is 0. The maximum Gasteiger partial charge on any atom is 0.251 e. The lowest BCUT2D eigenvalue weighted by molar-refractivity contribution is 0.344. The van der Waals surface area contributed by atoms with Crippen molar-refractivity contribution in [3.05, 3.63) is 60.9 Å². The molecule has 0 spiro atoms. The highest BCUT2D eigenvalue weighted by Crippen LogP contribution is 2.14. The molecule has 0 aromatic carbocycles. The van der Waals surface area contributed by atoms with Crippen LogP contribution < -0.4 is 0 Å². The number of aromatic hydroxyl groups is 1. The average molecular weight is 203 g/mol. The Morgan fingerprint density at radius 2 is 2.27 bits per heavy atom. The van der Waals surface area contributed by atoms with Gasteiger partial charge in [0.05, 0.1) is 0 Å². The van der Waals surface area contributed by atoms with Crippen LogP contribution >= 0.6 is 0 Å². The van der Waals surface area contributed by atoms with E-state index in [1.54, 1.807) is 12.2 Å².